The minimum atomic E-state index is -3.51. The number of hydrogen-bond acceptors (Lipinski definition) is 4. The number of piperidine rings is 1. The van der Waals surface area contributed by atoms with Crippen LogP contribution < -0.4 is 5.73 Å². The zero-order chi connectivity index (χ0) is 13.2. The Morgan fingerprint density at radius 2 is 1.89 bits per heavy atom. The molecule has 0 radical (unpaired) electrons. The molecule has 2 rings (SSSR count). The summed E-state index contributed by atoms with van der Waals surface area (Å²) in [6, 6.07) is -0.480. The van der Waals surface area contributed by atoms with Gasteiger partial charge in [-0.25, -0.2) is 0 Å². The third kappa shape index (κ3) is 2.66. The van der Waals surface area contributed by atoms with Crippen LogP contribution in [0.25, 0.3) is 0 Å². The smallest absolute Gasteiger partial charge is 0.282 e. The molecule has 0 aromatic carbocycles. The van der Waals surface area contributed by atoms with Gasteiger partial charge >= 0.3 is 0 Å². The maximum Gasteiger partial charge on any atom is 0.282 e. The molecule has 0 aromatic heterocycles. The number of ether oxygens (including phenoxy) is 1. The lowest BCUT2D eigenvalue weighted by atomic mass is 10.0. The first-order chi connectivity index (χ1) is 8.53. The van der Waals surface area contributed by atoms with Crippen molar-refractivity contribution in [1.29, 1.82) is 5.41 Å². The monoisotopic (exact) mass is 276 g/mol. The molecular formula is C10H20N4O3S. The molecular weight excluding hydrogens is 256 g/mol. The second-order valence-corrected chi connectivity index (χ2v) is 6.48. The summed E-state index contributed by atoms with van der Waals surface area (Å²) in [6.07, 6.45) is 2.38. The van der Waals surface area contributed by atoms with Gasteiger partial charge in [0.2, 0.25) is 0 Å². The van der Waals surface area contributed by atoms with Gasteiger partial charge in [-0.1, -0.05) is 6.42 Å². The van der Waals surface area contributed by atoms with E-state index in [9.17, 15) is 8.42 Å². The molecule has 0 aromatic rings. The molecule has 0 bridgehead atoms. The highest BCUT2D eigenvalue weighted by atomic mass is 32.2. The largest absolute Gasteiger partial charge is 0.386 e. The van der Waals surface area contributed by atoms with E-state index in [-0.39, 0.29) is 5.84 Å². The van der Waals surface area contributed by atoms with E-state index in [0.29, 0.717) is 39.3 Å². The van der Waals surface area contributed by atoms with Crippen LogP contribution in [0.5, 0.6) is 0 Å². The van der Waals surface area contributed by atoms with Crippen molar-refractivity contribution in [3.8, 4) is 0 Å². The van der Waals surface area contributed by atoms with Crippen LogP contribution in [0, 0.1) is 5.41 Å². The average Bonchev–Trinajstić information content (AvgIpc) is 2.39. The number of morpholine rings is 1. The molecule has 8 heteroatoms. The summed E-state index contributed by atoms with van der Waals surface area (Å²) in [5.74, 6) is -0.0634. The molecule has 2 saturated heterocycles. The molecule has 2 aliphatic heterocycles. The van der Waals surface area contributed by atoms with Gasteiger partial charge in [0, 0.05) is 19.6 Å². The highest BCUT2D eigenvalue weighted by molar-refractivity contribution is 7.86. The summed E-state index contributed by atoms with van der Waals surface area (Å²) in [5, 5.41) is 7.54. The Hall–Kier alpha value is -0.700. The Morgan fingerprint density at radius 3 is 2.50 bits per heavy atom. The third-order valence-corrected chi connectivity index (χ3v) is 5.45. The molecule has 0 aliphatic carbocycles. The highest BCUT2D eigenvalue weighted by Gasteiger charge is 2.38. The Bertz CT molecular complexity index is 405. The topological polar surface area (TPSA) is 99.7 Å². The Labute approximate surface area is 108 Å². The fourth-order valence-corrected chi connectivity index (χ4v) is 4.23. The van der Waals surface area contributed by atoms with Crippen molar-refractivity contribution < 1.29 is 13.2 Å². The van der Waals surface area contributed by atoms with E-state index in [1.165, 1.54) is 8.61 Å². The normalized spacial score (nSPS) is 28.1. The molecule has 18 heavy (non-hydrogen) atoms. The molecule has 2 aliphatic rings. The third-order valence-electron chi connectivity index (χ3n) is 3.41. The number of nitrogens with zero attached hydrogens (tertiary/aromatic N) is 2. The fraction of sp³-hybridized carbons (Fsp3) is 0.900. The van der Waals surface area contributed by atoms with Crippen molar-refractivity contribution in [2.45, 2.75) is 25.3 Å². The first-order valence-electron chi connectivity index (χ1n) is 6.22. The molecule has 2 heterocycles. The van der Waals surface area contributed by atoms with Gasteiger partial charge in [-0.15, -0.1) is 0 Å². The lowest BCUT2D eigenvalue weighted by molar-refractivity contribution is 0.0691. The molecule has 0 amide bonds. The van der Waals surface area contributed by atoms with Crippen molar-refractivity contribution in [2.24, 2.45) is 5.73 Å². The summed E-state index contributed by atoms with van der Waals surface area (Å²) in [7, 11) is -3.51. The minimum absolute atomic E-state index is 0.0634. The number of rotatable bonds is 3. The van der Waals surface area contributed by atoms with Gasteiger partial charge in [-0.3, -0.25) is 5.41 Å². The Kier molecular flexibility index (Phi) is 4.21. The van der Waals surface area contributed by atoms with E-state index in [4.69, 9.17) is 15.9 Å². The van der Waals surface area contributed by atoms with E-state index < -0.39 is 16.3 Å². The van der Waals surface area contributed by atoms with Crippen LogP contribution in [0.2, 0.25) is 0 Å². The van der Waals surface area contributed by atoms with E-state index in [0.717, 1.165) is 12.8 Å². The lowest BCUT2D eigenvalue weighted by Crippen LogP contribution is -2.56. The summed E-state index contributed by atoms with van der Waals surface area (Å²) in [4.78, 5) is 0. The molecule has 0 spiro atoms. The maximum atomic E-state index is 12.5. The Balaban J connectivity index is 2.18. The van der Waals surface area contributed by atoms with Gasteiger partial charge < -0.3 is 10.5 Å². The second-order valence-electron chi connectivity index (χ2n) is 4.60. The number of nitrogens with one attached hydrogen (secondary N) is 1. The predicted octanol–water partition coefficient (Wildman–Crippen LogP) is -0.646. The van der Waals surface area contributed by atoms with E-state index >= 15 is 0 Å². The molecule has 1 atom stereocenters. The SMILES string of the molecule is N=C(N)C1CCCCN1S(=O)(=O)N1CCOCC1. The van der Waals surface area contributed by atoms with Crippen molar-refractivity contribution in [3.05, 3.63) is 0 Å². The standard InChI is InChI=1S/C10H20N4O3S/c11-10(12)9-3-1-2-4-14(9)18(15,16)13-5-7-17-8-6-13/h9H,1-8H2,(H3,11,12). The molecule has 3 N–H and O–H groups in total. The second kappa shape index (κ2) is 5.52. The summed E-state index contributed by atoms with van der Waals surface area (Å²) in [6.45, 7) is 2.06. The average molecular weight is 276 g/mol. The van der Waals surface area contributed by atoms with E-state index in [1.807, 2.05) is 0 Å². The summed E-state index contributed by atoms with van der Waals surface area (Å²) >= 11 is 0. The number of hydrogen-bond donors (Lipinski definition) is 2. The van der Waals surface area contributed by atoms with Gasteiger partial charge in [-0.2, -0.15) is 17.0 Å². The molecule has 104 valence electrons. The molecule has 1 unspecified atom stereocenters. The Morgan fingerprint density at radius 1 is 1.22 bits per heavy atom. The van der Waals surface area contributed by atoms with Gasteiger partial charge in [0.25, 0.3) is 10.2 Å². The van der Waals surface area contributed by atoms with Crippen LogP contribution in [0.1, 0.15) is 19.3 Å². The van der Waals surface area contributed by atoms with Crippen LogP contribution in [0.4, 0.5) is 0 Å². The zero-order valence-corrected chi connectivity index (χ0v) is 11.2. The summed E-state index contributed by atoms with van der Waals surface area (Å²) < 4.78 is 33.0. The van der Waals surface area contributed by atoms with Crippen LogP contribution in [-0.4, -0.2) is 61.8 Å². The van der Waals surface area contributed by atoms with Crippen molar-refractivity contribution in [2.75, 3.05) is 32.8 Å². The first kappa shape index (κ1) is 13.7. The number of nitrogens with two attached hydrogens (primary N) is 1. The lowest BCUT2D eigenvalue weighted by Gasteiger charge is -2.38. The van der Waals surface area contributed by atoms with Crippen LogP contribution in [0.15, 0.2) is 0 Å². The predicted molar refractivity (Wildman–Crippen MR) is 67.6 cm³/mol. The first-order valence-corrected chi connectivity index (χ1v) is 7.62. The highest BCUT2D eigenvalue weighted by Crippen LogP contribution is 2.23. The number of amidine groups is 1. The molecule has 2 fully saturated rings. The van der Waals surface area contributed by atoms with Crippen molar-refractivity contribution in [1.82, 2.24) is 8.61 Å². The molecule has 7 nitrogen and oxygen atoms in total. The van der Waals surface area contributed by atoms with Crippen molar-refractivity contribution in [3.63, 3.8) is 0 Å². The quantitative estimate of drug-likeness (QED) is 0.528. The van der Waals surface area contributed by atoms with Crippen LogP contribution >= 0.6 is 0 Å². The van der Waals surface area contributed by atoms with Crippen LogP contribution in [-0.2, 0) is 14.9 Å². The van der Waals surface area contributed by atoms with Crippen LogP contribution in [0.3, 0.4) is 0 Å². The maximum absolute atomic E-state index is 12.5. The van der Waals surface area contributed by atoms with Gasteiger partial charge in [0.05, 0.1) is 19.3 Å². The summed E-state index contributed by atoms with van der Waals surface area (Å²) in [5.41, 5.74) is 5.52. The van der Waals surface area contributed by atoms with Crippen molar-refractivity contribution >= 4 is 16.0 Å². The fourth-order valence-electron chi connectivity index (χ4n) is 2.42. The molecule has 0 saturated carbocycles. The van der Waals surface area contributed by atoms with E-state index in [2.05, 4.69) is 0 Å². The van der Waals surface area contributed by atoms with Gasteiger partial charge in [-0.05, 0) is 12.8 Å². The minimum Gasteiger partial charge on any atom is -0.386 e. The van der Waals surface area contributed by atoms with E-state index in [1.54, 1.807) is 0 Å². The van der Waals surface area contributed by atoms with Gasteiger partial charge in [0.15, 0.2) is 0 Å². The zero-order valence-electron chi connectivity index (χ0n) is 10.3. The van der Waals surface area contributed by atoms with Gasteiger partial charge in [0.1, 0.15) is 5.84 Å².